The molecule has 8 nitrogen and oxygen atoms in total. The molecule has 3 rings (SSSR count). The van der Waals surface area contributed by atoms with Crippen LogP contribution < -0.4 is 5.32 Å². The maximum atomic E-state index is 13.5. The van der Waals surface area contributed by atoms with E-state index in [4.69, 9.17) is 0 Å². The summed E-state index contributed by atoms with van der Waals surface area (Å²) in [6.07, 6.45) is 4.25. The lowest BCUT2D eigenvalue weighted by Gasteiger charge is -2.32. The predicted molar refractivity (Wildman–Crippen MR) is 130 cm³/mol. The highest BCUT2D eigenvalue weighted by Gasteiger charge is 2.32. The molecule has 1 unspecified atom stereocenters. The van der Waals surface area contributed by atoms with Gasteiger partial charge in [0.05, 0.1) is 12.8 Å². The number of rotatable bonds is 10. The van der Waals surface area contributed by atoms with Gasteiger partial charge in [0.1, 0.15) is 11.9 Å². The highest BCUT2D eigenvalue weighted by atomic mass is 32.2. The molecule has 0 fully saturated rings. The molecule has 2 amide bonds. The van der Waals surface area contributed by atoms with E-state index in [9.17, 15) is 22.4 Å². The molecule has 1 aromatic heterocycles. The summed E-state index contributed by atoms with van der Waals surface area (Å²) in [5.41, 5.74) is 1.91. The van der Waals surface area contributed by atoms with E-state index in [1.54, 1.807) is 48.8 Å². The van der Waals surface area contributed by atoms with Crippen molar-refractivity contribution in [3.8, 4) is 0 Å². The Kier molecular flexibility index (Phi) is 8.67. The molecule has 0 aliphatic rings. The molecule has 0 spiro atoms. The smallest absolute Gasteiger partial charge is 0.247 e. The van der Waals surface area contributed by atoms with E-state index >= 15 is 0 Å². The van der Waals surface area contributed by atoms with Crippen molar-refractivity contribution in [3.63, 3.8) is 0 Å². The zero-order chi connectivity index (χ0) is 25.4. The number of likely N-dealkylation sites (N-methyl/N-ethyl adjacent to an activating group) is 1. The summed E-state index contributed by atoms with van der Waals surface area (Å²) in [7, 11) is -2.34. The molecule has 0 saturated heterocycles. The number of aromatic nitrogens is 1. The Labute approximate surface area is 204 Å². The molecule has 0 saturated carbocycles. The summed E-state index contributed by atoms with van der Waals surface area (Å²) in [5.74, 6) is -1.46. The van der Waals surface area contributed by atoms with Crippen LogP contribution >= 0.6 is 0 Å². The molecule has 0 aliphatic carbocycles. The quantitative estimate of drug-likeness (QED) is 0.463. The number of hydrogen-bond donors (Lipinski definition) is 1. The molecule has 1 heterocycles. The summed E-state index contributed by atoms with van der Waals surface area (Å²) in [4.78, 5) is 32.2. The van der Waals surface area contributed by atoms with Crippen molar-refractivity contribution in [2.75, 3.05) is 19.8 Å². The molecule has 0 radical (unpaired) electrons. The molecule has 1 N–H and O–H groups in total. The monoisotopic (exact) mass is 498 g/mol. The number of carbonyl (C=O) groups is 2. The second-order valence-corrected chi connectivity index (χ2v) is 10.1. The van der Waals surface area contributed by atoms with E-state index in [1.807, 2.05) is 6.07 Å². The minimum Gasteiger partial charge on any atom is -0.350 e. The first kappa shape index (κ1) is 26.0. The third kappa shape index (κ3) is 7.43. The van der Waals surface area contributed by atoms with Crippen LogP contribution in [0.1, 0.15) is 22.7 Å². The molecule has 2 aromatic carbocycles. The van der Waals surface area contributed by atoms with Gasteiger partial charge in [-0.15, -0.1) is 0 Å². The first-order chi connectivity index (χ1) is 16.6. The van der Waals surface area contributed by atoms with E-state index in [0.717, 1.165) is 16.1 Å². The van der Waals surface area contributed by atoms with Gasteiger partial charge in [0.2, 0.25) is 21.8 Å². The van der Waals surface area contributed by atoms with Gasteiger partial charge in [-0.1, -0.05) is 48.5 Å². The lowest BCUT2D eigenvalue weighted by atomic mass is 10.0. The van der Waals surface area contributed by atoms with E-state index < -0.39 is 40.2 Å². The molecule has 10 heteroatoms. The summed E-state index contributed by atoms with van der Waals surface area (Å²) < 4.78 is 38.3. The van der Waals surface area contributed by atoms with Crippen LogP contribution in [0.25, 0.3) is 0 Å². The van der Waals surface area contributed by atoms with Crippen molar-refractivity contribution >= 4 is 21.8 Å². The van der Waals surface area contributed by atoms with Gasteiger partial charge in [0.25, 0.3) is 0 Å². The van der Waals surface area contributed by atoms with E-state index in [2.05, 4.69) is 10.3 Å². The second kappa shape index (κ2) is 11.7. The first-order valence-corrected chi connectivity index (χ1v) is 12.7. The fraction of sp³-hybridized carbons (Fsp3) is 0.240. The van der Waals surface area contributed by atoms with Crippen molar-refractivity contribution in [1.29, 1.82) is 0 Å². The summed E-state index contributed by atoms with van der Waals surface area (Å²) in [6.45, 7) is -0.298. The maximum absolute atomic E-state index is 13.5. The molecule has 1 atom stereocenters. The second-order valence-electron chi connectivity index (χ2n) is 8.06. The van der Waals surface area contributed by atoms with Gasteiger partial charge in [-0.3, -0.25) is 14.6 Å². The van der Waals surface area contributed by atoms with E-state index in [1.165, 1.54) is 36.2 Å². The lowest BCUT2D eigenvalue weighted by molar-refractivity contribution is -0.141. The highest BCUT2D eigenvalue weighted by molar-refractivity contribution is 7.88. The molecular formula is C25H27FN4O4S. The van der Waals surface area contributed by atoms with Crippen molar-refractivity contribution in [3.05, 3.63) is 102 Å². The molecule has 0 bridgehead atoms. The number of benzene rings is 2. The Balaban J connectivity index is 1.97. The van der Waals surface area contributed by atoms with Gasteiger partial charge >= 0.3 is 0 Å². The Morgan fingerprint density at radius 1 is 1.00 bits per heavy atom. The Hall–Kier alpha value is -3.63. The Morgan fingerprint density at radius 2 is 1.69 bits per heavy atom. The zero-order valence-corrected chi connectivity index (χ0v) is 20.3. The van der Waals surface area contributed by atoms with Crippen LogP contribution in [-0.2, 0) is 32.7 Å². The number of sulfonamides is 1. The molecule has 184 valence electrons. The predicted octanol–water partition coefficient (Wildman–Crippen LogP) is 2.50. The number of pyridine rings is 1. The van der Waals surface area contributed by atoms with Gasteiger partial charge < -0.3 is 10.2 Å². The largest absolute Gasteiger partial charge is 0.350 e. The average Bonchev–Trinajstić information content (AvgIpc) is 2.84. The summed E-state index contributed by atoms with van der Waals surface area (Å²) in [5, 5.41) is 2.85. The molecular weight excluding hydrogens is 471 g/mol. The number of nitrogens with one attached hydrogen (secondary N) is 1. The normalized spacial score (nSPS) is 12.2. The van der Waals surface area contributed by atoms with Gasteiger partial charge in [-0.05, 0) is 34.9 Å². The van der Waals surface area contributed by atoms with Crippen LogP contribution in [0.15, 0.2) is 79.1 Å². The number of halogens is 1. The fourth-order valence-electron chi connectivity index (χ4n) is 3.41. The van der Waals surface area contributed by atoms with Crippen LogP contribution in [0, 0.1) is 5.82 Å². The van der Waals surface area contributed by atoms with Crippen molar-refractivity contribution in [1.82, 2.24) is 19.5 Å². The van der Waals surface area contributed by atoms with Gasteiger partial charge in [-0.2, -0.15) is 4.31 Å². The summed E-state index contributed by atoms with van der Waals surface area (Å²) >= 11 is 0. The van der Waals surface area contributed by atoms with Crippen LogP contribution in [0.5, 0.6) is 0 Å². The van der Waals surface area contributed by atoms with Crippen molar-refractivity contribution in [2.24, 2.45) is 0 Å². The Bertz CT molecular complexity index is 1240. The lowest BCUT2D eigenvalue weighted by Crippen LogP contribution is -2.47. The highest BCUT2D eigenvalue weighted by Crippen LogP contribution is 2.24. The minimum atomic E-state index is -3.64. The topological polar surface area (TPSA) is 99.7 Å². The third-order valence-corrected chi connectivity index (χ3v) is 6.64. The summed E-state index contributed by atoms with van der Waals surface area (Å²) in [6, 6.07) is 16.8. The SMILES string of the molecule is CN(CC(=O)N(Cc1ccc(F)cc1)C(C(=O)NCc1cccnc1)c1ccccc1)S(C)(=O)=O. The first-order valence-electron chi connectivity index (χ1n) is 10.8. The average molecular weight is 499 g/mol. The number of amides is 2. The Morgan fingerprint density at radius 3 is 2.29 bits per heavy atom. The molecule has 0 aliphatic heterocycles. The van der Waals surface area contributed by atoms with Gasteiger partial charge in [-0.25, -0.2) is 12.8 Å². The molecule has 35 heavy (non-hydrogen) atoms. The van der Waals surface area contributed by atoms with Crippen LogP contribution in [-0.4, -0.2) is 54.3 Å². The number of nitrogens with zero attached hydrogens (tertiary/aromatic N) is 3. The van der Waals surface area contributed by atoms with E-state index in [0.29, 0.717) is 11.1 Å². The van der Waals surface area contributed by atoms with Crippen molar-refractivity contribution in [2.45, 2.75) is 19.1 Å². The molecule has 3 aromatic rings. The van der Waals surface area contributed by atoms with Crippen LogP contribution in [0.2, 0.25) is 0 Å². The van der Waals surface area contributed by atoms with Crippen LogP contribution in [0.4, 0.5) is 4.39 Å². The van der Waals surface area contributed by atoms with Gasteiger partial charge in [0.15, 0.2) is 0 Å². The zero-order valence-electron chi connectivity index (χ0n) is 19.5. The standard InChI is InChI=1S/C25H27FN4O4S/c1-29(35(2,33)34)18-23(31)30(17-19-10-12-22(26)13-11-19)24(21-8-4-3-5-9-21)25(32)28-16-20-7-6-14-27-15-20/h3-15,24H,16-18H2,1-2H3,(H,28,32). The number of hydrogen-bond acceptors (Lipinski definition) is 5. The third-order valence-electron chi connectivity index (χ3n) is 5.38. The van der Waals surface area contributed by atoms with Crippen LogP contribution in [0.3, 0.4) is 0 Å². The maximum Gasteiger partial charge on any atom is 0.247 e. The fourth-order valence-corrected chi connectivity index (χ4v) is 3.75. The number of carbonyl (C=O) groups excluding carboxylic acids is 2. The van der Waals surface area contributed by atoms with E-state index in [-0.39, 0.29) is 13.1 Å². The van der Waals surface area contributed by atoms with Gasteiger partial charge in [0, 0.05) is 32.5 Å². The minimum absolute atomic E-state index is 0.0312. The van der Waals surface area contributed by atoms with Crippen molar-refractivity contribution < 1.29 is 22.4 Å².